The Morgan fingerprint density at radius 2 is 1.38 bits per heavy atom. The summed E-state index contributed by atoms with van der Waals surface area (Å²) in [4.78, 5) is 17.3. The van der Waals surface area contributed by atoms with Gasteiger partial charge in [0.05, 0.1) is 32.7 Å². The number of rotatable bonds is 9. The number of benzene rings is 4. The molecule has 3 heterocycles. The predicted octanol–water partition coefficient (Wildman–Crippen LogP) is 4.74. The van der Waals surface area contributed by atoms with Crippen LogP contribution in [0.5, 0.6) is 23.0 Å². The van der Waals surface area contributed by atoms with Gasteiger partial charge in [-0.3, -0.25) is 4.57 Å². The number of hydrogen-bond donors (Lipinski definition) is 3. The molecule has 2 aliphatic heterocycles. The van der Waals surface area contributed by atoms with E-state index < -0.39 is 35.8 Å². The maximum absolute atomic E-state index is 13.2. The summed E-state index contributed by atoms with van der Waals surface area (Å²) >= 11 is 0. The van der Waals surface area contributed by atoms with Gasteiger partial charge in [0.1, 0.15) is 35.4 Å². The molecule has 0 unspecified atom stereocenters. The van der Waals surface area contributed by atoms with Crippen LogP contribution in [0.15, 0.2) is 114 Å². The van der Waals surface area contributed by atoms with Crippen molar-refractivity contribution in [2.24, 2.45) is 0 Å². The lowest BCUT2D eigenvalue weighted by Gasteiger charge is -2.37. The van der Waals surface area contributed by atoms with Gasteiger partial charge in [0.2, 0.25) is 0 Å². The summed E-state index contributed by atoms with van der Waals surface area (Å²) in [7, 11) is 3.20. The molecule has 0 saturated carbocycles. The molecular weight excluding hydrogens is 602 g/mol. The first-order chi connectivity index (χ1) is 22.9. The van der Waals surface area contributed by atoms with Crippen molar-refractivity contribution < 1.29 is 33.9 Å². The monoisotopic (exact) mass is 635 g/mol. The number of methoxy groups -OCH3 is 2. The molecule has 5 aromatic rings. The Kier molecular flexibility index (Phi) is 8.12. The van der Waals surface area contributed by atoms with Crippen molar-refractivity contribution in [3.63, 3.8) is 0 Å². The van der Waals surface area contributed by atoms with E-state index in [9.17, 15) is 15.0 Å². The molecule has 11 heteroatoms. The number of aromatic nitrogens is 2. The fourth-order valence-electron chi connectivity index (χ4n) is 6.08. The van der Waals surface area contributed by atoms with E-state index in [0.29, 0.717) is 22.9 Å². The van der Waals surface area contributed by atoms with Crippen LogP contribution in [0, 0.1) is 0 Å². The van der Waals surface area contributed by atoms with Crippen molar-refractivity contribution in [1.29, 1.82) is 0 Å². The van der Waals surface area contributed by atoms with Crippen LogP contribution >= 0.6 is 0 Å². The van der Waals surface area contributed by atoms with Gasteiger partial charge in [-0.1, -0.05) is 66.7 Å². The molecule has 0 bridgehead atoms. The second kappa shape index (κ2) is 12.5. The minimum atomic E-state index is -1.46. The van der Waals surface area contributed by atoms with Gasteiger partial charge in [-0.25, -0.2) is 4.79 Å². The molecule has 2 aliphatic rings. The van der Waals surface area contributed by atoms with Crippen LogP contribution in [0.25, 0.3) is 0 Å². The average molecular weight is 636 g/mol. The van der Waals surface area contributed by atoms with Crippen molar-refractivity contribution in [2.45, 2.75) is 30.1 Å². The molecular formula is C36H33N3O8. The molecule has 1 fully saturated rings. The van der Waals surface area contributed by atoms with Crippen LogP contribution in [0.4, 0.5) is 11.5 Å². The quantitative estimate of drug-likeness (QED) is 0.191. The minimum absolute atomic E-state index is 0.153. The third-order valence-corrected chi connectivity index (χ3v) is 8.53. The molecule has 0 amide bonds. The van der Waals surface area contributed by atoms with Gasteiger partial charge in [-0.05, 0) is 53.1 Å². The van der Waals surface area contributed by atoms with Crippen LogP contribution in [0.3, 0.4) is 0 Å². The minimum Gasteiger partial charge on any atom is -0.497 e. The van der Waals surface area contributed by atoms with E-state index in [1.54, 1.807) is 20.3 Å². The van der Waals surface area contributed by atoms with Gasteiger partial charge in [0, 0.05) is 0 Å². The Morgan fingerprint density at radius 3 is 2.02 bits per heavy atom. The topological polar surface area (TPSA) is 134 Å². The molecule has 7 rings (SSSR count). The molecule has 0 aliphatic carbocycles. The van der Waals surface area contributed by atoms with Crippen LogP contribution in [0.2, 0.25) is 0 Å². The first-order valence-electron chi connectivity index (χ1n) is 15.1. The molecule has 1 saturated heterocycles. The Labute approximate surface area is 270 Å². The number of para-hydroxylation sites is 2. The zero-order chi connectivity index (χ0) is 32.5. The summed E-state index contributed by atoms with van der Waals surface area (Å²) in [5, 5.41) is 25.5. The summed E-state index contributed by atoms with van der Waals surface area (Å²) in [5.41, 5.74) is 1.21. The number of ether oxygens (including phenoxy) is 5. The number of anilines is 2. The molecule has 240 valence electrons. The van der Waals surface area contributed by atoms with Gasteiger partial charge in [0.15, 0.2) is 23.5 Å². The second-order valence-corrected chi connectivity index (χ2v) is 11.2. The van der Waals surface area contributed by atoms with Gasteiger partial charge >= 0.3 is 5.69 Å². The SMILES string of the molecule is COc1ccc(C(OC[C@H]2O[C@@H](n3cc4c(nc3=O)Nc3ccccc3O4)[C@H](O)[C@@H]2O)(c2ccccc2)c2ccc(OC)cc2)cc1. The third kappa shape index (κ3) is 5.49. The summed E-state index contributed by atoms with van der Waals surface area (Å²) in [6, 6.07) is 32.0. The number of aliphatic hydroxyl groups is 2. The lowest BCUT2D eigenvalue weighted by molar-refractivity contribution is -0.0959. The highest BCUT2D eigenvalue weighted by atomic mass is 16.6. The number of nitrogens with one attached hydrogen (secondary N) is 1. The molecule has 0 radical (unpaired) electrons. The Hall–Kier alpha value is -5.20. The van der Waals surface area contributed by atoms with Gasteiger partial charge in [-0.15, -0.1) is 0 Å². The van der Waals surface area contributed by atoms with Crippen molar-refractivity contribution >= 4 is 11.5 Å². The van der Waals surface area contributed by atoms with E-state index in [1.165, 1.54) is 6.20 Å². The van der Waals surface area contributed by atoms with E-state index in [1.807, 2.05) is 97.1 Å². The predicted molar refractivity (Wildman–Crippen MR) is 172 cm³/mol. The normalized spacial score (nSPS) is 20.0. The molecule has 1 aromatic heterocycles. The lowest BCUT2D eigenvalue weighted by atomic mass is 9.80. The maximum Gasteiger partial charge on any atom is 0.351 e. The Bertz CT molecular complexity index is 1870. The zero-order valence-corrected chi connectivity index (χ0v) is 25.6. The largest absolute Gasteiger partial charge is 0.497 e. The van der Waals surface area contributed by atoms with Crippen molar-refractivity contribution in [3.05, 3.63) is 136 Å². The molecule has 0 spiro atoms. The molecule has 4 atom stereocenters. The summed E-state index contributed by atoms with van der Waals surface area (Å²) in [5.74, 6) is 2.43. The van der Waals surface area contributed by atoms with Crippen LogP contribution in [-0.2, 0) is 15.1 Å². The van der Waals surface area contributed by atoms with E-state index in [0.717, 1.165) is 21.3 Å². The third-order valence-electron chi connectivity index (χ3n) is 8.53. The first kappa shape index (κ1) is 30.5. The average Bonchev–Trinajstić information content (AvgIpc) is 3.40. The summed E-state index contributed by atoms with van der Waals surface area (Å²) < 4.78 is 31.0. The molecule has 4 aromatic carbocycles. The van der Waals surface area contributed by atoms with Crippen LogP contribution in [0.1, 0.15) is 22.9 Å². The highest BCUT2D eigenvalue weighted by molar-refractivity contribution is 5.72. The number of hydrogen-bond acceptors (Lipinski definition) is 10. The van der Waals surface area contributed by atoms with Crippen molar-refractivity contribution in [1.82, 2.24) is 9.55 Å². The Balaban J connectivity index is 1.22. The first-order valence-corrected chi connectivity index (χ1v) is 15.1. The fraction of sp³-hybridized carbons (Fsp3) is 0.222. The zero-order valence-electron chi connectivity index (χ0n) is 25.6. The lowest BCUT2D eigenvalue weighted by Crippen LogP contribution is -2.39. The van der Waals surface area contributed by atoms with Gasteiger partial charge in [0.25, 0.3) is 0 Å². The summed E-state index contributed by atoms with van der Waals surface area (Å²) in [6.07, 6.45) is -3.70. The van der Waals surface area contributed by atoms with Gasteiger partial charge < -0.3 is 39.2 Å². The molecule has 3 N–H and O–H groups in total. The summed E-state index contributed by atoms with van der Waals surface area (Å²) in [6.45, 7) is -0.153. The van der Waals surface area contributed by atoms with E-state index in [-0.39, 0.29) is 18.2 Å². The Morgan fingerprint density at radius 1 is 0.787 bits per heavy atom. The maximum atomic E-state index is 13.2. The standard InChI is InChI=1S/C36H33N3O8/c1-43-25-16-12-23(13-17-25)36(22-8-4-3-5-9-22,24-14-18-26(44-2)19-15-24)45-21-30-31(40)32(41)34(47-30)39-20-29-33(38-35(39)42)37-27-10-6-7-11-28(27)46-29/h3-20,30-32,34,40-41H,21H2,1-2H3,(H,37,38,42)/t30-,31-,32-,34-/m1/s1. The van der Waals surface area contributed by atoms with E-state index in [2.05, 4.69) is 10.3 Å². The number of nitrogens with zero attached hydrogens (tertiary/aromatic N) is 2. The van der Waals surface area contributed by atoms with Crippen LogP contribution < -0.4 is 25.2 Å². The van der Waals surface area contributed by atoms with Crippen molar-refractivity contribution in [2.75, 3.05) is 26.1 Å². The highest BCUT2D eigenvalue weighted by Gasteiger charge is 2.47. The van der Waals surface area contributed by atoms with Gasteiger partial charge in [-0.2, -0.15) is 4.98 Å². The molecule has 11 nitrogen and oxygen atoms in total. The van der Waals surface area contributed by atoms with E-state index in [4.69, 9.17) is 23.7 Å². The number of fused-ring (bicyclic) bond motifs is 2. The smallest absolute Gasteiger partial charge is 0.351 e. The highest BCUT2D eigenvalue weighted by Crippen LogP contribution is 2.44. The van der Waals surface area contributed by atoms with Crippen LogP contribution in [-0.4, -0.2) is 58.9 Å². The fourth-order valence-corrected chi connectivity index (χ4v) is 6.08. The second-order valence-electron chi connectivity index (χ2n) is 11.2. The van der Waals surface area contributed by atoms with E-state index >= 15 is 0 Å². The number of aliphatic hydroxyl groups excluding tert-OH is 2. The molecule has 47 heavy (non-hydrogen) atoms. The van der Waals surface area contributed by atoms with Crippen molar-refractivity contribution in [3.8, 4) is 23.0 Å².